The van der Waals surface area contributed by atoms with Crippen molar-refractivity contribution < 1.29 is 4.74 Å². The minimum absolute atomic E-state index is 0.196. The topological polar surface area (TPSA) is 24.5 Å². The van der Waals surface area contributed by atoms with Crippen molar-refractivity contribution in [1.29, 1.82) is 0 Å². The molecule has 1 aliphatic heterocycles. The van der Waals surface area contributed by atoms with Gasteiger partial charge in [0.15, 0.2) is 0 Å². The van der Waals surface area contributed by atoms with Gasteiger partial charge in [-0.15, -0.1) is 0 Å². The third-order valence-corrected chi connectivity index (χ3v) is 4.27. The minimum Gasteiger partial charge on any atom is -0.372 e. The molecule has 2 rings (SSSR count). The van der Waals surface area contributed by atoms with Gasteiger partial charge in [0, 0.05) is 25.2 Å². The first kappa shape index (κ1) is 16.3. The maximum Gasteiger partial charge on any atom is 0.0707 e. The van der Waals surface area contributed by atoms with Gasteiger partial charge in [0.2, 0.25) is 0 Å². The molecule has 20 heavy (non-hydrogen) atoms. The normalized spacial score (nSPS) is 27.4. The highest BCUT2D eigenvalue weighted by atomic mass is 16.5. The Morgan fingerprint density at radius 1 is 1.05 bits per heavy atom. The Hall–Kier alpha value is -0.120. The Morgan fingerprint density at radius 3 is 2.35 bits per heavy atom. The molecule has 3 heteroatoms. The fourth-order valence-corrected chi connectivity index (χ4v) is 3.01. The van der Waals surface area contributed by atoms with Crippen LogP contribution in [0.2, 0.25) is 0 Å². The maximum atomic E-state index is 6.23. The fourth-order valence-electron chi connectivity index (χ4n) is 3.01. The van der Waals surface area contributed by atoms with Crippen molar-refractivity contribution in [3.05, 3.63) is 0 Å². The number of nitrogens with one attached hydrogen (secondary N) is 1. The van der Waals surface area contributed by atoms with Crippen molar-refractivity contribution in [1.82, 2.24) is 10.2 Å². The zero-order chi connectivity index (χ0) is 14.6. The van der Waals surface area contributed by atoms with Gasteiger partial charge >= 0.3 is 0 Å². The van der Waals surface area contributed by atoms with Gasteiger partial charge in [-0.1, -0.05) is 6.92 Å². The summed E-state index contributed by atoms with van der Waals surface area (Å²) in [7, 11) is 0. The summed E-state index contributed by atoms with van der Waals surface area (Å²) < 4.78 is 6.23. The first-order chi connectivity index (χ1) is 9.46. The van der Waals surface area contributed by atoms with Gasteiger partial charge in [-0.2, -0.15) is 0 Å². The summed E-state index contributed by atoms with van der Waals surface area (Å²) in [5, 5.41) is 3.57. The van der Waals surface area contributed by atoms with Crippen LogP contribution >= 0.6 is 0 Å². The lowest BCUT2D eigenvalue weighted by atomic mass is 10.1. The van der Waals surface area contributed by atoms with Gasteiger partial charge in [0.25, 0.3) is 0 Å². The Kier molecular flexibility index (Phi) is 5.88. The summed E-state index contributed by atoms with van der Waals surface area (Å²) in [5.41, 5.74) is 0.196. The van der Waals surface area contributed by atoms with E-state index in [2.05, 4.69) is 37.9 Å². The standard InChI is InChI=1S/C17H34N2O/c1-5-10-19(12-14-6-7-14)13-16-9-8-15(20-16)11-18-17(2,3)4/h14-16,18H,5-13H2,1-4H3. The molecule has 0 aromatic carbocycles. The van der Waals surface area contributed by atoms with Gasteiger partial charge in [-0.25, -0.2) is 0 Å². The van der Waals surface area contributed by atoms with Crippen molar-refractivity contribution in [3.63, 3.8) is 0 Å². The summed E-state index contributed by atoms with van der Waals surface area (Å²) in [4.78, 5) is 2.64. The number of ether oxygens (including phenoxy) is 1. The smallest absolute Gasteiger partial charge is 0.0707 e. The molecule has 2 unspecified atom stereocenters. The van der Waals surface area contributed by atoms with Crippen LogP contribution in [0.1, 0.15) is 59.8 Å². The van der Waals surface area contributed by atoms with Crippen LogP contribution in [-0.2, 0) is 4.74 Å². The van der Waals surface area contributed by atoms with E-state index in [1.54, 1.807) is 0 Å². The molecule has 2 aliphatic rings. The molecule has 1 saturated carbocycles. The largest absolute Gasteiger partial charge is 0.372 e. The van der Waals surface area contributed by atoms with E-state index in [4.69, 9.17) is 4.74 Å². The lowest BCUT2D eigenvalue weighted by Crippen LogP contribution is -2.41. The summed E-state index contributed by atoms with van der Waals surface area (Å²) >= 11 is 0. The Labute approximate surface area is 125 Å². The molecule has 0 radical (unpaired) electrons. The average Bonchev–Trinajstić information content (AvgIpc) is 3.04. The molecular formula is C17H34N2O. The van der Waals surface area contributed by atoms with Crippen LogP contribution in [0.25, 0.3) is 0 Å². The second kappa shape index (κ2) is 7.24. The molecule has 0 aromatic rings. The lowest BCUT2D eigenvalue weighted by Gasteiger charge is -2.26. The van der Waals surface area contributed by atoms with Gasteiger partial charge in [-0.05, 0) is 65.3 Å². The molecule has 1 aliphatic carbocycles. The van der Waals surface area contributed by atoms with Crippen LogP contribution in [0.15, 0.2) is 0 Å². The zero-order valence-electron chi connectivity index (χ0n) is 14.0. The number of nitrogens with zero attached hydrogens (tertiary/aromatic N) is 1. The fraction of sp³-hybridized carbons (Fsp3) is 1.00. The number of hydrogen-bond acceptors (Lipinski definition) is 3. The third kappa shape index (κ3) is 6.11. The predicted molar refractivity (Wildman–Crippen MR) is 85.1 cm³/mol. The highest BCUT2D eigenvalue weighted by molar-refractivity contribution is 4.83. The van der Waals surface area contributed by atoms with Crippen LogP contribution in [0.3, 0.4) is 0 Å². The van der Waals surface area contributed by atoms with Crippen molar-refractivity contribution >= 4 is 0 Å². The van der Waals surface area contributed by atoms with E-state index in [0.717, 1.165) is 19.0 Å². The van der Waals surface area contributed by atoms with Gasteiger partial charge in [0.1, 0.15) is 0 Å². The van der Waals surface area contributed by atoms with E-state index in [-0.39, 0.29) is 5.54 Å². The second-order valence-corrected chi connectivity index (χ2v) is 7.79. The Bertz CT molecular complexity index is 283. The van der Waals surface area contributed by atoms with Crippen LogP contribution in [0, 0.1) is 5.92 Å². The first-order valence-corrected chi connectivity index (χ1v) is 8.59. The SMILES string of the molecule is CCCN(CC1CC1)CC1CCC(CNC(C)(C)C)O1. The van der Waals surface area contributed by atoms with E-state index in [9.17, 15) is 0 Å². The van der Waals surface area contributed by atoms with E-state index in [0.29, 0.717) is 12.2 Å². The summed E-state index contributed by atoms with van der Waals surface area (Å²) in [5.74, 6) is 0.987. The van der Waals surface area contributed by atoms with Crippen LogP contribution in [0.5, 0.6) is 0 Å². The van der Waals surface area contributed by atoms with Crippen molar-refractivity contribution in [2.45, 2.75) is 77.5 Å². The molecule has 0 bridgehead atoms. The highest BCUT2D eigenvalue weighted by Crippen LogP contribution is 2.30. The van der Waals surface area contributed by atoms with E-state index < -0.39 is 0 Å². The molecule has 0 spiro atoms. The quantitative estimate of drug-likeness (QED) is 0.740. The van der Waals surface area contributed by atoms with Crippen LogP contribution in [0.4, 0.5) is 0 Å². The van der Waals surface area contributed by atoms with Crippen molar-refractivity contribution in [2.24, 2.45) is 5.92 Å². The van der Waals surface area contributed by atoms with Crippen LogP contribution < -0.4 is 5.32 Å². The molecule has 0 amide bonds. The molecule has 1 heterocycles. The maximum absolute atomic E-state index is 6.23. The minimum atomic E-state index is 0.196. The van der Waals surface area contributed by atoms with Crippen molar-refractivity contribution in [2.75, 3.05) is 26.2 Å². The van der Waals surface area contributed by atoms with Gasteiger partial charge in [-0.3, -0.25) is 0 Å². The van der Waals surface area contributed by atoms with E-state index >= 15 is 0 Å². The molecule has 1 saturated heterocycles. The lowest BCUT2D eigenvalue weighted by molar-refractivity contribution is 0.0200. The monoisotopic (exact) mass is 282 g/mol. The molecule has 3 nitrogen and oxygen atoms in total. The molecule has 2 fully saturated rings. The van der Waals surface area contributed by atoms with Gasteiger partial charge in [0.05, 0.1) is 12.2 Å². The first-order valence-electron chi connectivity index (χ1n) is 8.59. The molecule has 2 atom stereocenters. The molecule has 118 valence electrons. The zero-order valence-corrected chi connectivity index (χ0v) is 14.0. The molecular weight excluding hydrogens is 248 g/mol. The van der Waals surface area contributed by atoms with E-state index in [1.807, 2.05) is 0 Å². The van der Waals surface area contributed by atoms with E-state index in [1.165, 1.54) is 45.2 Å². The predicted octanol–water partition coefficient (Wildman–Crippen LogP) is 3.04. The third-order valence-electron chi connectivity index (χ3n) is 4.27. The molecule has 1 N–H and O–H groups in total. The number of hydrogen-bond donors (Lipinski definition) is 1. The average molecular weight is 282 g/mol. The second-order valence-electron chi connectivity index (χ2n) is 7.79. The van der Waals surface area contributed by atoms with Crippen LogP contribution in [-0.4, -0.2) is 48.8 Å². The number of rotatable bonds is 8. The molecule has 0 aromatic heterocycles. The van der Waals surface area contributed by atoms with Gasteiger partial charge < -0.3 is 15.0 Å². The highest BCUT2D eigenvalue weighted by Gasteiger charge is 2.30. The van der Waals surface area contributed by atoms with Crippen molar-refractivity contribution in [3.8, 4) is 0 Å². The summed E-state index contributed by atoms with van der Waals surface area (Å²) in [6.45, 7) is 13.6. The summed E-state index contributed by atoms with van der Waals surface area (Å²) in [6.07, 6.45) is 7.50. The summed E-state index contributed by atoms with van der Waals surface area (Å²) in [6, 6.07) is 0. The Morgan fingerprint density at radius 2 is 1.75 bits per heavy atom. The Balaban J connectivity index is 1.68.